The van der Waals surface area contributed by atoms with Crippen molar-refractivity contribution in [3.63, 3.8) is 0 Å². The summed E-state index contributed by atoms with van der Waals surface area (Å²) in [5.41, 5.74) is 3.07. The van der Waals surface area contributed by atoms with Crippen molar-refractivity contribution in [3.05, 3.63) is 35.4 Å². The van der Waals surface area contributed by atoms with E-state index in [1.807, 2.05) is 0 Å². The summed E-state index contributed by atoms with van der Waals surface area (Å²) in [5.74, 6) is 0.749. The molecule has 0 radical (unpaired) electrons. The van der Waals surface area contributed by atoms with Crippen molar-refractivity contribution in [1.82, 2.24) is 5.32 Å². The van der Waals surface area contributed by atoms with Crippen LogP contribution in [0.5, 0.6) is 0 Å². The summed E-state index contributed by atoms with van der Waals surface area (Å²) >= 11 is 0. The number of hydrogen-bond acceptors (Lipinski definition) is 1. The van der Waals surface area contributed by atoms with Crippen LogP contribution in [-0.4, -0.2) is 12.6 Å². The third-order valence-corrected chi connectivity index (χ3v) is 2.87. The Morgan fingerprint density at radius 2 is 1.79 bits per heavy atom. The lowest BCUT2D eigenvalue weighted by Crippen LogP contribution is -2.32. The highest BCUT2D eigenvalue weighted by atomic mass is 14.9. The average Bonchev–Trinajstić information content (AvgIpc) is 2.57. The van der Waals surface area contributed by atoms with Crippen LogP contribution < -0.4 is 5.32 Å². The summed E-state index contributed by atoms with van der Waals surface area (Å²) in [6, 6.07) is 9.47. The molecule has 1 aliphatic carbocycles. The first kappa shape index (κ1) is 9.72. The molecule has 0 saturated heterocycles. The Morgan fingerprint density at radius 1 is 1.21 bits per heavy atom. The van der Waals surface area contributed by atoms with Gasteiger partial charge in [0, 0.05) is 6.04 Å². The molecule has 0 spiro atoms. The summed E-state index contributed by atoms with van der Waals surface area (Å²) in [7, 11) is 0. The van der Waals surface area contributed by atoms with Crippen molar-refractivity contribution in [2.75, 3.05) is 6.54 Å². The SMILES string of the molecule is CC(C)CNC1Cc2ccccc2C1. The van der Waals surface area contributed by atoms with Gasteiger partial charge in [0.1, 0.15) is 0 Å². The Labute approximate surface area is 86.5 Å². The minimum atomic E-state index is 0.676. The van der Waals surface area contributed by atoms with Crippen LogP contribution in [0.4, 0.5) is 0 Å². The highest BCUT2D eigenvalue weighted by Gasteiger charge is 2.19. The largest absolute Gasteiger partial charge is 0.313 e. The molecule has 76 valence electrons. The van der Waals surface area contributed by atoms with Gasteiger partial charge in [-0.15, -0.1) is 0 Å². The molecule has 0 aliphatic heterocycles. The molecule has 1 nitrogen and oxygen atoms in total. The second kappa shape index (κ2) is 4.14. The van der Waals surface area contributed by atoms with E-state index in [1.54, 1.807) is 0 Å². The highest BCUT2D eigenvalue weighted by Crippen LogP contribution is 2.21. The first-order chi connectivity index (χ1) is 6.75. The normalized spacial score (nSPS) is 16.2. The lowest BCUT2D eigenvalue weighted by molar-refractivity contribution is 0.474. The maximum atomic E-state index is 3.63. The van der Waals surface area contributed by atoms with E-state index >= 15 is 0 Å². The zero-order valence-corrected chi connectivity index (χ0v) is 9.09. The molecule has 0 bridgehead atoms. The zero-order valence-electron chi connectivity index (χ0n) is 9.09. The van der Waals surface area contributed by atoms with E-state index in [1.165, 1.54) is 24.0 Å². The van der Waals surface area contributed by atoms with Crippen LogP contribution in [0.2, 0.25) is 0 Å². The predicted octanol–water partition coefficient (Wildman–Crippen LogP) is 2.40. The molecular formula is C13H19N. The van der Waals surface area contributed by atoms with Gasteiger partial charge < -0.3 is 5.32 Å². The van der Waals surface area contributed by atoms with Crippen molar-refractivity contribution >= 4 is 0 Å². The van der Waals surface area contributed by atoms with Gasteiger partial charge in [0.05, 0.1) is 0 Å². The molecule has 0 saturated carbocycles. The van der Waals surface area contributed by atoms with Crippen molar-refractivity contribution in [2.24, 2.45) is 5.92 Å². The minimum absolute atomic E-state index is 0.676. The average molecular weight is 189 g/mol. The van der Waals surface area contributed by atoms with Crippen molar-refractivity contribution in [3.8, 4) is 0 Å². The van der Waals surface area contributed by atoms with Crippen LogP contribution in [0.15, 0.2) is 24.3 Å². The molecule has 0 fully saturated rings. The van der Waals surface area contributed by atoms with Crippen LogP contribution in [0.25, 0.3) is 0 Å². The second-order valence-corrected chi connectivity index (χ2v) is 4.68. The van der Waals surface area contributed by atoms with E-state index in [2.05, 4.69) is 43.4 Å². The smallest absolute Gasteiger partial charge is 0.0148 e. The molecule has 0 aromatic heterocycles. The van der Waals surface area contributed by atoms with E-state index in [0.717, 1.165) is 12.5 Å². The first-order valence-electron chi connectivity index (χ1n) is 5.56. The van der Waals surface area contributed by atoms with Gasteiger partial charge in [-0.2, -0.15) is 0 Å². The van der Waals surface area contributed by atoms with Crippen LogP contribution >= 0.6 is 0 Å². The topological polar surface area (TPSA) is 12.0 Å². The van der Waals surface area contributed by atoms with Crippen molar-refractivity contribution in [2.45, 2.75) is 32.7 Å². The molecule has 0 unspecified atom stereocenters. The van der Waals surface area contributed by atoms with Gasteiger partial charge in [-0.1, -0.05) is 38.1 Å². The van der Waals surface area contributed by atoms with E-state index < -0.39 is 0 Å². The predicted molar refractivity (Wildman–Crippen MR) is 60.5 cm³/mol. The number of fused-ring (bicyclic) bond motifs is 1. The molecule has 1 aromatic rings. The van der Waals surface area contributed by atoms with Crippen molar-refractivity contribution < 1.29 is 0 Å². The van der Waals surface area contributed by atoms with Crippen LogP contribution in [0, 0.1) is 5.92 Å². The monoisotopic (exact) mass is 189 g/mol. The molecule has 0 amide bonds. The van der Waals surface area contributed by atoms with Crippen molar-refractivity contribution in [1.29, 1.82) is 0 Å². The van der Waals surface area contributed by atoms with E-state index in [-0.39, 0.29) is 0 Å². The van der Waals surface area contributed by atoms with Crippen LogP contribution in [0.1, 0.15) is 25.0 Å². The maximum absolute atomic E-state index is 3.63. The van der Waals surface area contributed by atoms with Gasteiger partial charge in [-0.3, -0.25) is 0 Å². The van der Waals surface area contributed by atoms with E-state index in [4.69, 9.17) is 0 Å². The van der Waals surface area contributed by atoms with E-state index in [9.17, 15) is 0 Å². The highest BCUT2D eigenvalue weighted by molar-refractivity contribution is 5.33. The Kier molecular flexibility index (Phi) is 2.87. The number of benzene rings is 1. The van der Waals surface area contributed by atoms with Gasteiger partial charge >= 0.3 is 0 Å². The summed E-state index contributed by atoms with van der Waals surface area (Å²) in [6.07, 6.45) is 2.42. The zero-order chi connectivity index (χ0) is 9.97. The Balaban J connectivity index is 1.92. The fourth-order valence-electron chi connectivity index (χ4n) is 2.11. The molecule has 0 atom stereocenters. The molecule has 1 aromatic carbocycles. The summed E-state index contributed by atoms with van der Waals surface area (Å²) in [5, 5.41) is 3.63. The van der Waals surface area contributed by atoms with Crippen LogP contribution in [-0.2, 0) is 12.8 Å². The van der Waals surface area contributed by atoms with Crippen LogP contribution in [0.3, 0.4) is 0 Å². The molecule has 0 heterocycles. The molecule has 1 aliphatic rings. The van der Waals surface area contributed by atoms with Gasteiger partial charge in [0.2, 0.25) is 0 Å². The quantitative estimate of drug-likeness (QED) is 0.770. The number of hydrogen-bond donors (Lipinski definition) is 1. The van der Waals surface area contributed by atoms with E-state index in [0.29, 0.717) is 6.04 Å². The summed E-state index contributed by atoms with van der Waals surface area (Å²) < 4.78 is 0. The van der Waals surface area contributed by atoms with Gasteiger partial charge in [-0.25, -0.2) is 0 Å². The number of nitrogens with one attached hydrogen (secondary N) is 1. The standard InChI is InChI=1S/C13H19N/c1-10(2)9-14-13-7-11-5-3-4-6-12(11)8-13/h3-6,10,13-14H,7-9H2,1-2H3. The lowest BCUT2D eigenvalue weighted by Gasteiger charge is -2.13. The maximum Gasteiger partial charge on any atom is 0.0148 e. The summed E-state index contributed by atoms with van der Waals surface area (Å²) in [4.78, 5) is 0. The third kappa shape index (κ3) is 2.16. The minimum Gasteiger partial charge on any atom is -0.313 e. The molecular weight excluding hydrogens is 170 g/mol. The van der Waals surface area contributed by atoms with Gasteiger partial charge in [0.25, 0.3) is 0 Å². The van der Waals surface area contributed by atoms with Gasteiger partial charge in [-0.05, 0) is 36.4 Å². The fraction of sp³-hybridized carbons (Fsp3) is 0.538. The summed E-state index contributed by atoms with van der Waals surface area (Å²) in [6.45, 7) is 5.66. The Bertz CT molecular complexity index is 279. The fourth-order valence-corrected chi connectivity index (χ4v) is 2.11. The molecule has 1 heteroatoms. The lowest BCUT2D eigenvalue weighted by atomic mass is 10.1. The second-order valence-electron chi connectivity index (χ2n) is 4.68. The Hall–Kier alpha value is -0.820. The van der Waals surface area contributed by atoms with Gasteiger partial charge in [0.15, 0.2) is 0 Å². The molecule has 2 rings (SSSR count). The number of rotatable bonds is 3. The molecule has 1 N–H and O–H groups in total. The Morgan fingerprint density at radius 3 is 2.29 bits per heavy atom. The first-order valence-corrected chi connectivity index (χ1v) is 5.56. The molecule has 14 heavy (non-hydrogen) atoms. The third-order valence-electron chi connectivity index (χ3n) is 2.87.